The normalized spacial score (nSPS) is 15.3. The second-order valence-corrected chi connectivity index (χ2v) is 9.11. The minimum atomic E-state index is -0.0203. The largest absolute Gasteiger partial charge is 0.362 e. The predicted octanol–water partition coefficient (Wildman–Crippen LogP) is 3.80. The SMILES string of the molecule is CC(=O)N1CCN(c2nc(N[C@H](C)c3cnc4ccccc4c3)c3c(cnn3C(C)C)n2)CC1. The first-order valence-electron chi connectivity index (χ1n) is 11.8. The van der Waals surface area contributed by atoms with Gasteiger partial charge in [-0.05, 0) is 38.5 Å². The Labute approximate surface area is 198 Å². The number of carbonyl (C=O) groups is 1. The van der Waals surface area contributed by atoms with Gasteiger partial charge in [0.1, 0.15) is 11.0 Å². The van der Waals surface area contributed by atoms with E-state index in [2.05, 4.69) is 53.2 Å². The maximum Gasteiger partial charge on any atom is 0.228 e. The van der Waals surface area contributed by atoms with Crippen molar-refractivity contribution < 1.29 is 4.79 Å². The molecule has 4 heterocycles. The molecule has 0 aliphatic carbocycles. The van der Waals surface area contributed by atoms with Crippen LogP contribution in [-0.4, -0.2) is 61.7 Å². The van der Waals surface area contributed by atoms with E-state index in [1.165, 1.54) is 0 Å². The van der Waals surface area contributed by atoms with E-state index in [0.717, 1.165) is 33.3 Å². The molecule has 176 valence electrons. The van der Waals surface area contributed by atoms with Gasteiger partial charge < -0.3 is 15.1 Å². The van der Waals surface area contributed by atoms with Crippen molar-refractivity contribution in [3.05, 3.63) is 48.3 Å². The van der Waals surface area contributed by atoms with Crippen LogP contribution in [0.4, 0.5) is 11.8 Å². The quantitative estimate of drug-likeness (QED) is 0.486. The average Bonchev–Trinajstić information content (AvgIpc) is 3.28. The van der Waals surface area contributed by atoms with Gasteiger partial charge in [-0.1, -0.05) is 18.2 Å². The molecule has 9 nitrogen and oxygen atoms in total. The summed E-state index contributed by atoms with van der Waals surface area (Å²) in [7, 11) is 0. The van der Waals surface area contributed by atoms with Gasteiger partial charge in [0.05, 0.1) is 17.8 Å². The maximum absolute atomic E-state index is 11.7. The van der Waals surface area contributed by atoms with Crippen LogP contribution in [0.1, 0.15) is 45.3 Å². The fraction of sp³-hybridized carbons (Fsp3) is 0.400. The van der Waals surface area contributed by atoms with Crippen molar-refractivity contribution in [3.8, 4) is 0 Å². The first-order chi connectivity index (χ1) is 16.4. The highest BCUT2D eigenvalue weighted by Crippen LogP contribution is 2.29. The third-order valence-corrected chi connectivity index (χ3v) is 6.39. The molecule has 0 saturated carbocycles. The van der Waals surface area contributed by atoms with E-state index >= 15 is 0 Å². The zero-order valence-corrected chi connectivity index (χ0v) is 20.1. The summed E-state index contributed by atoms with van der Waals surface area (Å²) in [4.78, 5) is 30.1. The molecule has 5 rings (SSSR count). The van der Waals surface area contributed by atoms with E-state index in [4.69, 9.17) is 9.97 Å². The second-order valence-electron chi connectivity index (χ2n) is 9.11. The van der Waals surface area contributed by atoms with Crippen molar-refractivity contribution in [1.82, 2.24) is 29.6 Å². The Kier molecular flexibility index (Phi) is 5.77. The van der Waals surface area contributed by atoms with Crippen LogP contribution in [0.15, 0.2) is 42.7 Å². The van der Waals surface area contributed by atoms with Crippen LogP contribution in [0, 0.1) is 0 Å². The zero-order chi connectivity index (χ0) is 23.8. The number of pyridine rings is 1. The van der Waals surface area contributed by atoms with E-state index in [1.807, 2.05) is 34.0 Å². The maximum atomic E-state index is 11.7. The first-order valence-corrected chi connectivity index (χ1v) is 11.8. The number of amides is 1. The average molecular weight is 459 g/mol. The molecule has 0 bridgehead atoms. The molecule has 0 unspecified atom stereocenters. The Balaban J connectivity index is 1.50. The smallest absolute Gasteiger partial charge is 0.228 e. The van der Waals surface area contributed by atoms with Crippen LogP contribution in [0.2, 0.25) is 0 Å². The number of piperazine rings is 1. The molecule has 1 atom stereocenters. The molecular formula is C25H30N8O. The number of nitrogens with one attached hydrogen (secondary N) is 1. The van der Waals surface area contributed by atoms with Gasteiger partial charge in [-0.3, -0.25) is 14.5 Å². The van der Waals surface area contributed by atoms with E-state index in [-0.39, 0.29) is 18.0 Å². The standard InChI is InChI=1S/C25H30N8O/c1-16(2)33-23-22(15-27-33)29-25(32-11-9-31(10-12-32)18(4)34)30-24(23)28-17(3)20-13-19-7-5-6-8-21(19)26-14-20/h5-8,13-17H,9-12H2,1-4H3,(H,28,29,30)/t17-/m1/s1. The number of hydrogen-bond acceptors (Lipinski definition) is 7. The Hall–Kier alpha value is -3.75. The molecule has 0 spiro atoms. The Morgan fingerprint density at radius 3 is 2.50 bits per heavy atom. The Bertz CT molecular complexity index is 1340. The lowest BCUT2D eigenvalue weighted by atomic mass is 10.1. The van der Waals surface area contributed by atoms with Gasteiger partial charge in [-0.2, -0.15) is 10.1 Å². The lowest BCUT2D eigenvalue weighted by Crippen LogP contribution is -2.48. The van der Waals surface area contributed by atoms with Crippen molar-refractivity contribution in [2.75, 3.05) is 36.4 Å². The van der Waals surface area contributed by atoms with Gasteiger partial charge in [0.25, 0.3) is 0 Å². The molecule has 1 N–H and O–H groups in total. The van der Waals surface area contributed by atoms with Crippen molar-refractivity contribution in [2.24, 2.45) is 0 Å². The molecule has 1 fully saturated rings. The summed E-state index contributed by atoms with van der Waals surface area (Å²) in [6.07, 6.45) is 3.72. The van der Waals surface area contributed by atoms with Crippen LogP contribution in [0.3, 0.4) is 0 Å². The van der Waals surface area contributed by atoms with Gasteiger partial charge in [-0.15, -0.1) is 0 Å². The summed E-state index contributed by atoms with van der Waals surface area (Å²) in [5, 5.41) is 9.31. The van der Waals surface area contributed by atoms with Gasteiger partial charge in [0, 0.05) is 50.7 Å². The number of hydrogen-bond donors (Lipinski definition) is 1. The summed E-state index contributed by atoms with van der Waals surface area (Å²) in [6, 6.07) is 10.4. The summed E-state index contributed by atoms with van der Waals surface area (Å²) in [5.41, 5.74) is 3.76. The van der Waals surface area contributed by atoms with Crippen LogP contribution < -0.4 is 10.2 Å². The minimum Gasteiger partial charge on any atom is -0.362 e. The number of anilines is 2. The summed E-state index contributed by atoms with van der Waals surface area (Å²) < 4.78 is 1.96. The number of para-hydroxylation sites is 1. The van der Waals surface area contributed by atoms with Crippen molar-refractivity contribution in [3.63, 3.8) is 0 Å². The second kappa shape index (κ2) is 8.89. The van der Waals surface area contributed by atoms with Crippen LogP contribution in [0.5, 0.6) is 0 Å². The highest BCUT2D eigenvalue weighted by atomic mass is 16.2. The molecule has 9 heteroatoms. The molecule has 0 radical (unpaired) electrons. The molecule has 3 aromatic heterocycles. The van der Waals surface area contributed by atoms with Gasteiger partial charge in [-0.25, -0.2) is 4.98 Å². The molecule has 34 heavy (non-hydrogen) atoms. The van der Waals surface area contributed by atoms with Crippen LogP contribution in [0.25, 0.3) is 21.9 Å². The third kappa shape index (κ3) is 4.13. The van der Waals surface area contributed by atoms with Crippen LogP contribution >= 0.6 is 0 Å². The number of aromatic nitrogens is 5. The number of benzene rings is 1. The number of nitrogens with zero attached hydrogens (tertiary/aromatic N) is 7. The lowest BCUT2D eigenvalue weighted by Gasteiger charge is -2.34. The molecule has 1 aliphatic heterocycles. The minimum absolute atomic E-state index is 0.0203. The topological polar surface area (TPSA) is 92.1 Å². The fourth-order valence-electron chi connectivity index (χ4n) is 4.42. The molecule has 1 aromatic carbocycles. The third-order valence-electron chi connectivity index (χ3n) is 6.39. The Morgan fingerprint density at radius 2 is 1.76 bits per heavy atom. The highest BCUT2D eigenvalue weighted by molar-refractivity contribution is 5.87. The van der Waals surface area contributed by atoms with Crippen molar-refractivity contribution in [1.29, 1.82) is 0 Å². The van der Waals surface area contributed by atoms with E-state index in [0.29, 0.717) is 32.1 Å². The summed E-state index contributed by atoms with van der Waals surface area (Å²) in [5.74, 6) is 1.51. The van der Waals surface area contributed by atoms with Crippen molar-refractivity contribution in [2.45, 2.75) is 39.8 Å². The monoisotopic (exact) mass is 458 g/mol. The van der Waals surface area contributed by atoms with Gasteiger partial charge in [0.2, 0.25) is 11.9 Å². The molecule has 4 aromatic rings. The molecular weight excluding hydrogens is 428 g/mol. The van der Waals surface area contributed by atoms with Gasteiger partial charge >= 0.3 is 0 Å². The zero-order valence-electron chi connectivity index (χ0n) is 20.1. The summed E-state index contributed by atoms with van der Waals surface area (Å²) >= 11 is 0. The molecule has 1 amide bonds. The predicted molar refractivity (Wildman–Crippen MR) is 134 cm³/mol. The van der Waals surface area contributed by atoms with E-state index < -0.39 is 0 Å². The van der Waals surface area contributed by atoms with E-state index in [1.54, 1.807) is 13.1 Å². The van der Waals surface area contributed by atoms with Crippen molar-refractivity contribution >= 4 is 39.6 Å². The lowest BCUT2D eigenvalue weighted by molar-refractivity contribution is -0.129. The Morgan fingerprint density at radius 1 is 1.00 bits per heavy atom. The number of fused-ring (bicyclic) bond motifs is 2. The number of carbonyl (C=O) groups excluding carboxylic acids is 1. The first kappa shape index (κ1) is 22.1. The summed E-state index contributed by atoms with van der Waals surface area (Å²) in [6.45, 7) is 10.7. The van der Waals surface area contributed by atoms with Gasteiger partial charge in [0.15, 0.2) is 5.82 Å². The van der Waals surface area contributed by atoms with Crippen LogP contribution in [-0.2, 0) is 4.79 Å². The number of rotatable bonds is 5. The molecule has 1 saturated heterocycles. The molecule has 1 aliphatic rings. The highest BCUT2D eigenvalue weighted by Gasteiger charge is 2.24. The fourth-order valence-corrected chi connectivity index (χ4v) is 4.42. The van der Waals surface area contributed by atoms with E-state index in [9.17, 15) is 4.79 Å².